The van der Waals surface area contributed by atoms with Crippen molar-refractivity contribution in [2.75, 3.05) is 4.90 Å². The van der Waals surface area contributed by atoms with E-state index in [9.17, 15) is 0 Å². The second-order valence-corrected chi connectivity index (χ2v) is 15.3. The summed E-state index contributed by atoms with van der Waals surface area (Å²) >= 11 is 1.85. The maximum atomic E-state index is 6.83. The Morgan fingerprint density at radius 2 is 1.08 bits per heavy atom. The van der Waals surface area contributed by atoms with E-state index in [1.807, 2.05) is 11.3 Å². The third kappa shape index (κ3) is 4.44. The topological polar surface area (TPSA) is 16.4 Å². The van der Waals surface area contributed by atoms with Gasteiger partial charge in [-0.2, -0.15) is 0 Å². The third-order valence-corrected chi connectivity index (χ3v) is 12.5. The standard InChI is InChI=1S/C50H33NOS/c1-50(40-18-8-5-15-36(40)37-16-6-9-19-41(37)50)42-20-11-22-44-48(42)38-30-29-35(31-45(38)52-44)51(34-27-25-33(26-28-34)32-13-3-2-4-14-32)43-21-12-24-47-49(43)39-17-7-10-23-46(39)53-47/h2-31H,1H3. The van der Waals surface area contributed by atoms with E-state index in [2.05, 4.69) is 194 Å². The summed E-state index contributed by atoms with van der Waals surface area (Å²) in [4.78, 5) is 2.40. The lowest BCUT2D eigenvalue weighted by atomic mass is 9.73. The second kappa shape index (κ2) is 11.5. The average Bonchev–Trinajstić information content (AvgIpc) is 3.87. The van der Waals surface area contributed by atoms with Crippen molar-refractivity contribution in [3.05, 3.63) is 199 Å². The van der Waals surface area contributed by atoms with Gasteiger partial charge in [-0.15, -0.1) is 11.3 Å². The molecule has 0 spiro atoms. The first-order valence-corrected chi connectivity index (χ1v) is 19.0. The van der Waals surface area contributed by atoms with Crippen LogP contribution in [0.4, 0.5) is 17.1 Å². The fourth-order valence-corrected chi connectivity index (χ4v) is 10.0. The van der Waals surface area contributed by atoms with Gasteiger partial charge in [0.1, 0.15) is 11.2 Å². The number of rotatable bonds is 5. The minimum absolute atomic E-state index is 0.329. The van der Waals surface area contributed by atoms with Gasteiger partial charge in [-0.1, -0.05) is 127 Å². The van der Waals surface area contributed by atoms with E-state index in [0.29, 0.717) is 0 Å². The molecule has 250 valence electrons. The highest BCUT2D eigenvalue weighted by Gasteiger charge is 2.42. The second-order valence-electron chi connectivity index (χ2n) is 14.2. The molecule has 11 rings (SSSR count). The van der Waals surface area contributed by atoms with Crippen molar-refractivity contribution in [3.8, 4) is 22.3 Å². The molecule has 1 aliphatic rings. The van der Waals surface area contributed by atoms with Gasteiger partial charge < -0.3 is 9.32 Å². The number of nitrogens with zero attached hydrogens (tertiary/aromatic N) is 1. The molecule has 53 heavy (non-hydrogen) atoms. The van der Waals surface area contributed by atoms with Gasteiger partial charge in [0, 0.05) is 53.8 Å². The van der Waals surface area contributed by atoms with Gasteiger partial charge in [0.05, 0.1) is 5.69 Å². The van der Waals surface area contributed by atoms with E-state index in [1.165, 1.54) is 64.5 Å². The Morgan fingerprint density at radius 1 is 0.453 bits per heavy atom. The number of hydrogen-bond acceptors (Lipinski definition) is 3. The van der Waals surface area contributed by atoms with Gasteiger partial charge in [0.2, 0.25) is 0 Å². The van der Waals surface area contributed by atoms with Crippen LogP contribution >= 0.6 is 11.3 Å². The van der Waals surface area contributed by atoms with Crippen LogP contribution in [0.1, 0.15) is 23.6 Å². The first kappa shape index (κ1) is 30.2. The third-order valence-electron chi connectivity index (χ3n) is 11.4. The van der Waals surface area contributed by atoms with E-state index in [-0.39, 0.29) is 5.41 Å². The Morgan fingerprint density at radius 3 is 1.87 bits per heavy atom. The van der Waals surface area contributed by atoms with Gasteiger partial charge in [0.25, 0.3) is 0 Å². The molecule has 0 radical (unpaired) electrons. The van der Waals surface area contributed by atoms with Crippen LogP contribution in [0.2, 0.25) is 0 Å². The van der Waals surface area contributed by atoms with E-state index >= 15 is 0 Å². The van der Waals surface area contributed by atoms with Crippen molar-refractivity contribution in [2.45, 2.75) is 12.3 Å². The highest BCUT2D eigenvalue weighted by atomic mass is 32.1. The van der Waals surface area contributed by atoms with Crippen LogP contribution in [0.25, 0.3) is 64.4 Å². The molecule has 2 aromatic heterocycles. The van der Waals surface area contributed by atoms with Gasteiger partial charge in [0.15, 0.2) is 0 Å². The lowest BCUT2D eigenvalue weighted by Gasteiger charge is -2.29. The predicted molar refractivity (Wildman–Crippen MR) is 224 cm³/mol. The Kier molecular flexibility index (Phi) is 6.58. The Bertz CT molecular complexity index is 2980. The quantitative estimate of drug-likeness (QED) is 0.178. The summed E-state index contributed by atoms with van der Waals surface area (Å²) in [5.74, 6) is 0. The zero-order chi connectivity index (χ0) is 35.1. The average molecular weight is 696 g/mol. The smallest absolute Gasteiger partial charge is 0.137 e. The minimum atomic E-state index is -0.329. The molecule has 8 aromatic carbocycles. The molecule has 0 aliphatic heterocycles. The maximum absolute atomic E-state index is 6.83. The van der Waals surface area contributed by atoms with Crippen LogP contribution in [0, 0.1) is 0 Å². The van der Waals surface area contributed by atoms with Crippen LogP contribution in [-0.4, -0.2) is 0 Å². The Balaban J connectivity index is 1.13. The number of fused-ring (bicyclic) bond motifs is 9. The van der Waals surface area contributed by atoms with Crippen LogP contribution in [0.5, 0.6) is 0 Å². The number of thiophene rings is 1. The highest BCUT2D eigenvalue weighted by Crippen LogP contribution is 2.55. The molecular formula is C50H33NOS. The van der Waals surface area contributed by atoms with Crippen molar-refractivity contribution in [2.24, 2.45) is 0 Å². The molecule has 2 heterocycles. The fourth-order valence-electron chi connectivity index (χ4n) is 8.92. The number of benzene rings is 8. The maximum Gasteiger partial charge on any atom is 0.137 e. The molecule has 0 saturated carbocycles. The normalized spacial score (nSPS) is 13.2. The number of hydrogen-bond donors (Lipinski definition) is 0. The predicted octanol–water partition coefficient (Wildman–Crippen LogP) is 14.4. The molecule has 0 amide bonds. The zero-order valence-electron chi connectivity index (χ0n) is 29.1. The van der Waals surface area contributed by atoms with Crippen molar-refractivity contribution in [3.63, 3.8) is 0 Å². The van der Waals surface area contributed by atoms with Crippen molar-refractivity contribution < 1.29 is 4.42 Å². The number of furan rings is 1. The summed E-state index contributed by atoms with van der Waals surface area (Å²) in [6, 6.07) is 66.0. The van der Waals surface area contributed by atoms with Gasteiger partial charge in [-0.25, -0.2) is 0 Å². The SMILES string of the molecule is CC1(c2cccc3oc4cc(N(c5ccc(-c6ccccc6)cc5)c5cccc6sc7ccccc7c56)ccc4c23)c2ccccc2-c2ccccc21. The van der Waals surface area contributed by atoms with Crippen LogP contribution in [-0.2, 0) is 5.41 Å². The van der Waals surface area contributed by atoms with Gasteiger partial charge in [-0.3, -0.25) is 0 Å². The zero-order valence-corrected chi connectivity index (χ0v) is 29.9. The van der Waals surface area contributed by atoms with Crippen molar-refractivity contribution in [1.29, 1.82) is 0 Å². The van der Waals surface area contributed by atoms with E-state index in [1.54, 1.807) is 0 Å². The molecule has 3 heteroatoms. The Labute approximate surface area is 311 Å². The van der Waals surface area contributed by atoms with Gasteiger partial charge in [-0.05, 0) is 94.4 Å². The minimum Gasteiger partial charge on any atom is -0.456 e. The first-order valence-electron chi connectivity index (χ1n) is 18.2. The monoisotopic (exact) mass is 695 g/mol. The molecular weight excluding hydrogens is 663 g/mol. The molecule has 0 atom stereocenters. The van der Waals surface area contributed by atoms with Crippen molar-refractivity contribution >= 4 is 70.5 Å². The van der Waals surface area contributed by atoms with Gasteiger partial charge >= 0.3 is 0 Å². The van der Waals surface area contributed by atoms with Crippen LogP contribution in [0.3, 0.4) is 0 Å². The summed E-state index contributed by atoms with van der Waals surface area (Å²) in [6.45, 7) is 2.38. The summed E-state index contributed by atoms with van der Waals surface area (Å²) in [7, 11) is 0. The summed E-state index contributed by atoms with van der Waals surface area (Å²) < 4.78 is 9.39. The molecule has 0 saturated heterocycles. The van der Waals surface area contributed by atoms with Crippen LogP contribution < -0.4 is 4.90 Å². The largest absolute Gasteiger partial charge is 0.456 e. The Hall–Kier alpha value is -6.42. The highest BCUT2D eigenvalue weighted by molar-refractivity contribution is 7.26. The summed E-state index contributed by atoms with van der Waals surface area (Å²) in [5.41, 5.74) is 13.7. The van der Waals surface area contributed by atoms with E-state index in [0.717, 1.165) is 33.6 Å². The van der Waals surface area contributed by atoms with E-state index in [4.69, 9.17) is 4.42 Å². The van der Waals surface area contributed by atoms with Crippen molar-refractivity contribution in [1.82, 2.24) is 0 Å². The van der Waals surface area contributed by atoms with Crippen LogP contribution in [0.15, 0.2) is 186 Å². The summed E-state index contributed by atoms with van der Waals surface area (Å²) in [6.07, 6.45) is 0. The van der Waals surface area contributed by atoms with E-state index < -0.39 is 0 Å². The fraction of sp³-hybridized carbons (Fsp3) is 0.0400. The molecule has 2 nitrogen and oxygen atoms in total. The molecule has 0 bridgehead atoms. The summed E-state index contributed by atoms with van der Waals surface area (Å²) in [5, 5.41) is 4.83. The molecule has 10 aromatic rings. The molecule has 0 N–H and O–H groups in total. The molecule has 0 fully saturated rings. The lowest BCUT2D eigenvalue weighted by Crippen LogP contribution is -2.22. The molecule has 1 aliphatic carbocycles. The first-order chi connectivity index (χ1) is 26.2. The lowest BCUT2D eigenvalue weighted by molar-refractivity contribution is 0.666. The molecule has 0 unspecified atom stereocenters. The number of anilines is 3.